The highest BCUT2D eigenvalue weighted by Gasteiger charge is 2.19. The molecular weight excluding hydrogens is 414 g/mol. The van der Waals surface area contributed by atoms with Crippen molar-refractivity contribution in [3.63, 3.8) is 0 Å². The van der Waals surface area contributed by atoms with Gasteiger partial charge in [-0.25, -0.2) is 9.50 Å². The molecule has 0 unspecified atom stereocenters. The molecule has 0 bridgehead atoms. The highest BCUT2D eigenvalue weighted by Crippen LogP contribution is 2.32. The lowest BCUT2D eigenvalue weighted by molar-refractivity contribution is 0.0662. The molecule has 0 amide bonds. The number of nitrogens with one attached hydrogen (secondary N) is 1. The molecule has 1 N–H and O–H groups in total. The van der Waals surface area contributed by atoms with Crippen molar-refractivity contribution < 1.29 is 4.74 Å². The van der Waals surface area contributed by atoms with Gasteiger partial charge in [-0.3, -0.25) is 9.67 Å². The average molecular weight is 438 g/mol. The topological polar surface area (TPSA) is 82.2 Å². The van der Waals surface area contributed by atoms with Gasteiger partial charge in [0.25, 0.3) is 0 Å². The molecule has 31 heavy (non-hydrogen) atoms. The molecule has 1 aliphatic heterocycles. The third-order valence-electron chi connectivity index (χ3n) is 5.42. The summed E-state index contributed by atoms with van der Waals surface area (Å²) in [6, 6.07) is 4.47. The fraction of sp³-hybridized carbons (Fsp3) is 0.364. The van der Waals surface area contributed by atoms with Crippen LogP contribution in [0.1, 0.15) is 32.7 Å². The normalized spacial score (nSPS) is 15.1. The number of fused-ring (bicyclic) bond motifs is 1. The van der Waals surface area contributed by atoms with Crippen LogP contribution in [0.2, 0.25) is 5.02 Å². The summed E-state index contributed by atoms with van der Waals surface area (Å²) in [5, 5.41) is 13.1. The van der Waals surface area contributed by atoms with E-state index >= 15 is 0 Å². The number of hydrogen-bond donors (Lipinski definition) is 1. The zero-order chi connectivity index (χ0) is 21.4. The Morgan fingerprint density at radius 1 is 1.06 bits per heavy atom. The van der Waals surface area contributed by atoms with E-state index in [4.69, 9.17) is 21.3 Å². The summed E-state index contributed by atoms with van der Waals surface area (Å²) in [6.07, 6.45) is 11.3. The van der Waals surface area contributed by atoms with Crippen LogP contribution in [-0.4, -0.2) is 48.6 Å². The SMILES string of the molecule is CC(C)Nc1cc(-c2cnc3cc(Cl)cnn23)ncc1-c1cnn(C2CCOCC2)c1. The van der Waals surface area contributed by atoms with Gasteiger partial charge in [0.1, 0.15) is 5.69 Å². The summed E-state index contributed by atoms with van der Waals surface area (Å²) in [5.74, 6) is 0. The minimum Gasteiger partial charge on any atom is -0.382 e. The first-order valence-corrected chi connectivity index (χ1v) is 10.8. The number of imidazole rings is 1. The molecule has 1 saturated heterocycles. The maximum atomic E-state index is 6.05. The summed E-state index contributed by atoms with van der Waals surface area (Å²) in [6.45, 7) is 5.81. The lowest BCUT2D eigenvalue weighted by Crippen LogP contribution is -2.19. The predicted octanol–water partition coefficient (Wildman–Crippen LogP) is 4.48. The van der Waals surface area contributed by atoms with Gasteiger partial charge in [-0.15, -0.1) is 0 Å². The Balaban J connectivity index is 1.53. The van der Waals surface area contributed by atoms with Crippen molar-refractivity contribution in [2.45, 2.75) is 38.8 Å². The van der Waals surface area contributed by atoms with E-state index in [0.29, 0.717) is 16.7 Å². The first-order chi connectivity index (χ1) is 15.1. The van der Waals surface area contributed by atoms with Gasteiger partial charge in [0.15, 0.2) is 5.65 Å². The number of hydrogen-bond acceptors (Lipinski definition) is 6. The van der Waals surface area contributed by atoms with Crippen LogP contribution in [0.15, 0.2) is 43.1 Å². The van der Waals surface area contributed by atoms with Gasteiger partial charge in [0.05, 0.1) is 35.3 Å². The number of ether oxygens (including phenoxy) is 1. The van der Waals surface area contributed by atoms with E-state index in [1.165, 1.54) is 0 Å². The van der Waals surface area contributed by atoms with Crippen molar-refractivity contribution in [1.82, 2.24) is 29.4 Å². The Morgan fingerprint density at radius 3 is 2.71 bits per heavy atom. The molecule has 9 heteroatoms. The van der Waals surface area contributed by atoms with Crippen molar-refractivity contribution in [3.05, 3.63) is 48.1 Å². The zero-order valence-corrected chi connectivity index (χ0v) is 18.3. The molecule has 1 aliphatic rings. The van der Waals surface area contributed by atoms with Crippen molar-refractivity contribution in [2.75, 3.05) is 18.5 Å². The number of pyridine rings is 1. The Morgan fingerprint density at radius 2 is 1.90 bits per heavy atom. The molecule has 0 aromatic carbocycles. The molecule has 4 aromatic heterocycles. The molecule has 0 aliphatic carbocycles. The quantitative estimate of drug-likeness (QED) is 0.495. The molecule has 0 spiro atoms. The first-order valence-electron chi connectivity index (χ1n) is 10.5. The lowest BCUT2D eigenvalue weighted by atomic mass is 10.1. The van der Waals surface area contributed by atoms with Crippen LogP contribution in [-0.2, 0) is 4.74 Å². The zero-order valence-electron chi connectivity index (χ0n) is 17.5. The monoisotopic (exact) mass is 437 g/mol. The molecule has 5 heterocycles. The van der Waals surface area contributed by atoms with Gasteiger partial charge in [0.2, 0.25) is 0 Å². The smallest absolute Gasteiger partial charge is 0.155 e. The Bertz CT molecular complexity index is 1210. The number of anilines is 1. The maximum Gasteiger partial charge on any atom is 0.155 e. The predicted molar refractivity (Wildman–Crippen MR) is 120 cm³/mol. The number of rotatable bonds is 5. The van der Waals surface area contributed by atoms with Crippen molar-refractivity contribution in [1.29, 1.82) is 0 Å². The summed E-state index contributed by atoms with van der Waals surface area (Å²) < 4.78 is 9.29. The molecular formula is C22H24ClN7O. The Hall–Kier alpha value is -2.97. The highest BCUT2D eigenvalue weighted by atomic mass is 35.5. The van der Waals surface area contributed by atoms with E-state index in [1.54, 1.807) is 23.0 Å². The van der Waals surface area contributed by atoms with Gasteiger partial charge in [-0.05, 0) is 32.8 Å². The van der Waals surface area contributed by atoms with Gasteiger partial charge in [-0.1, -0.05) is 11.6 Å². The Kier molecular flexibility index (Phi) is 5.33. The first kappa shape index (κ1) is 20.0. The van der Waals surface area contributed by atoms with E-state index in [1.807, 2.05) is 18.5 Å². The second-order valence-corrected chi connectivity index (χ2v) is 8.49. The summed E-state index contributed by atoms with van der Waals surface area (Å²) >= 11 is 6.05. The van der Waals surface area contributed by atoms with Crippen LogP contribution in [0.5, 0.6) is 0 Å². The van der Waals surface area contributed by atoms with E-state index in [2.05, 4.69) is 45.2 Å². The number of aromatic nitrogens is 6. The standard InChI is InChI=1S/C22H24ClN7O/c1-14(2)28-19-8-20(21-12-25-22-7-16(23)10-27-30(21)22)24-11-18(19)15-9-26-29(13-15)17-3-5-31-6-4-17/h7-14,17H,3-6H2,1-2H3,(H,24,28). The minimum absolute atomic E-state index is 0.263. The fourth-order valence-electron chi connectivity index (χ4n) is 3.91. The average Bonchev–Trinajstić information content (AvgIpc) is 3.41. The molecule has 0 atom stereocenters. The minimum atomic E-state index is 0.263. The summed E-state index contributed by atoms with van der Waals surface area (Å²) in [7, 11) is 0. The van der Waals surface area contributed by atoms with Gasteiger partial charge in [0, 0.05) is 54.5 Å². The lowest BCUT2D eigenvalue weighted by Gasteiger charge is -2.22. The van der Waals surface area contributed by atoms with E-state index in [-0.39, 0.29) is 6.04 Å². The summed E-state index contributed by atoms with van der Waals surface area (Å²) in [5.41, 5.74) is 5.33. The molecule has 5 rings (SSSR count). The highest BCUT2D eigenvalue weighted by molar-refractivity contribution is 6.30. The third kappa shape index (κ3) is 4.00. The fourth-order valence-corrected chi connectivity index (χ4v) is 4.05. The second-order valence-electron chi connectivity index (χ2n) is 8.05. The molecule has 0 radical (unpaired) electrons. The van der Waals surface area contributed by atoms with Crippen LogP contribution in [0.4, 0.5) is 5.69 Å². The second kappa shape index (κ2) is 8.28. The summed E-state index contributed by atoms with van der Waals surface area (Å²) in [4.78, 5) is 9.14. The van der Waals surface area contributed by atoms with E-state index in [0.717, 1.165) is 54.3 Å². The van der Waals surface area contributed by atoms with Crippen LogP contribution in [0.25, 0.3) is 28.2 Å². The van der Waals surface area contributed by atoms with Crippen molar-refractivity contribution in [3.8, 4) is 22.5 Å². The van der Waals surface area contributed by atoms with Crippen molar-refractivity contribution >= 4 is 22.9 Å². The molecule has 4 aromatic rings. The van der Waals surface area contributed by atoms with Crippen LogP contribution >= 0.6 is 11.6 Å². The number of nitrogens with zero attached hydrogens (tertiary/aromatic N) is 6. The number of halogens is 1. The molecule has 8 nitrogen and oxygen atoms in total. The largest absolute Gasteiger partial charge is 0.382 e. The van der Waals surface area contributed by atoms with Crippen LogP contribution in [0, 0.1) is 0 Å². The molecule has 0 saturated carbocycles. The van der Waals surface area contributed by atoms with E-state index in [9.17, 15) is 0 Å². The maximum absolute atomic E-state index is 6.05. The van der Waals surface area contributed by atoms with Gasteiger partial charge < -0.3 is 10.1 Å². The van der Waals surface area contributed by atoms with Gasteiger partial charge in [-0.2, -0.15) is 10.2 Å². The van der Waals surface area contributed by atoms with Crippen LogP contribution < -0.4 is 5.32 Å². The molecule has 160 valence electrons. The Labute approximate surface area is 185 Å². The van der Waals surface area contributed by atoms with Crippen LogP contribution in [0.3, 0.4) is 0 Å². The van der Waals surface area contributed by atoms with E-state index < -0.39 is 0 Å². The van der Waals surface area contributed by atoms with Gasteiger partial charge >= 0.3 is 0 Å². The molecule has 1 fully saturated rings. The third-order valence-corrected chi connectivity index (χ3v) is 5.62. The van der Waals surface area contributed by atoms with Crippen molar-refractivity contribution in [2.24, 2.45) is 0 Å².